The number of para-hydroxylation sites is 1. The van der Waals surface area contributed by atoms with Gasteiger partial charge in [0.1, 0.15) is 0 Å². The third-order valence-corrected chi connectivity index (χ3v) is 4.62. The second-order valence-electron chi connectivity index (χ2n) is 5.03. The molecule has 21 heavy (non-hydrogen) atoms. The zero-order valence-electron chi connectivity index (χ0n) is 12.6. The Bertz CT molecular complexity index is 755. The van der Waals surface area contributed by atoms with Crippen molar-refractivity contribution in [2.75, 3.05) is 5.43 Å². The lowest BCUT2D eigenvalue weighted by atomic mass is 10.1. The molecular formula is C17H19N3S. The standard InChI is InChI=1S/C17H19N3S/c1-4-14-8-5-6-9-15(14)19-20-11-7-10-16(20)17-12(2)18-13(3)21-17/h5-11,19H,4H2,1-3H3. The van der Waals surface area contributed by atoms with E-state index >= 15 is 0 Å². The van der Waals surface area contributed by atoms with E-state index in [0.29, 0.717) is 0 Å². The van der Waals surface area contributed by atoms with Crippen LogP contribution in [0.2, 0.25) is 0 Å². The molecule has 3 aromatic rings. The molecule has 0 aliphatic rings. The van der Waals surface area contributed by atoms with E-state index in [1.54, 1.807) is 11.3 Å². The Balaban J connectivity index is 1.98. The molecule has 2 heterocycles. The summed E-state index contributed by atoms with van der Waals surface area (Å²) in [6.07, 6.45) is 3.06. The summed E-state index contributed by atoms with van der Waals surface area (Å²) >= 11 is 1.73. The molecule has 1 N–H and O–H groups in total. The Morgan fingerprint density at radius 1 is 1.14 bits per heavy atom. The van der Waals surface area contributed by atoms with Crippen LogP contribution < -0.4 is 5.43 Å². The van der Waals surface area contributed by atoms with E-state index in [2.05, 4.69) is 71.5 Å². The van der Waals surface area contributed by atoms with Crippen LogP contribution in [0.25, 0.3) is 10.6 Å². The van der Waals surface area contributed by atoms with Crippen molar-refractivity contribution in [2.24, 2.45) is 0 Å². The molecule has 0 amide bonds. The molecule has 0 aliphatic carbocycles. The quantitative estimate of drug-likeness (QED) is 0.758. The first kappa shape index (κ1) is 13.9. The third-order valence-electron chi connectivity index (χ3n) is 3.52. The number of hydrogen-bond acceptors (Lipinski definition) is 3. The van der Waals surface area contributed by atoms with Crippen molar-refractivity contribution in [3.05, 3.63) is 58.9 Å². The van der Waals surface area contributed by atoms with Crippen molar-refractivity contribution in [3.8, 4) is 10.6 Å². The van der Waals surface area contributed by atoms with Gasteiger partial charge in [-0.3, -0.25) is 10.1 Å². The first-order valence-corrected chi connectivity index (χ1v) is 7.97. The molecule has 0 fully saturated rings. The van der Waals surface area contributed by atoms with Gasteiger partial charge in [0, 0.05) is 6.20 Å². The average molecular weight is 297 g/mol. The van der Waals surface area contributed by atoms with Crippen LogP contribution in [0, 0.1) is 13.8 Å². The van der Waals surface area contributed by atoms with Crippen LogP contribution in [0.1, 0.15) is 23.2 Å². The summed E-state index contributed by atoms with van der Waals surface area (Å²) in [4.78, 5) is 5.75. The van der Waals surface area contributed by atoms with Gasteiger partial charge in [-0.05, 0) is 44.0 Å². The lowest BCUT2D eigenvalue weighted by Gasteiger charge is -2.14. The summed E-state index contributed by atoms with van der Waals surface area (Å²) in [5.41, 5.74) is 8.21. The lowest BCUT2D eigenvalue weighted by molar-refractivity contribution is 0.967. The fourth-order valence-electron chi connectivity index (χ4n) is 2.50. The molecule has 0 aliphatic heterocycles. The van der Waals surface area contributed by atoms with E-state index in [9.17, 15) is 0 Å². The Morgan fingerprint density at radius 3 is 2.67 bits per heavy atom. The van der Waals surface area contributed by atoms with Gasteiger partial charge in [0.2, 0.25) is 0 Å². The number of thiazole rings is 1. The number of nitrogens with zero attached hydrogens (tertiary/aromatic N) is 2. The maximum atomic E-state index is 4.53. The first-order valence-electron chi connectivity index (χ1n) is 7.15. The van der Waals surface area contributed by atoms with Gasteiger partial charge >= 0.3 is 0 Å². The van der Waals surface area contributed by atoms with E-state index in [1.807, 2.05) is 6.92 Å². The molecule has 0 saturated heterocycles. The fraction of sp³-hybridized carbons (Fsp3) is 0.235. The van der Waals surface area contributed by atoms with Crippen LogP contribution in [-0.4, -0.2) is 9.66 Å². The molecular weight excluding hydrogens is 278 g/mol. The summed E-state index contributed by atoms with van der Waals surface area (Å²) in [5, 5.41) is 1.10. The maximum Gasteiger partial charge on any atom is 0.0904 e. The minimum Gasteiger partial charge on any atom is -0.294 e. The third kappa shape index (κ3) is 2.72. The zero-order valence-corrected chi connectivity index (χ0v) is 13.4. The van der Waals surface area contributed by atoms with E-state index in [4.69, 9.17) is 0 Å². The van der Waals surface area contributed by atoms with Crippen molar-refractivity contribution in [1.82, 2.24) is 9.66 Å². The highest BCUT2D eigenvalue weighted by Gasteiger charge is 2.12. The first-order chi connectivity index (χ1) is 10.2. The van der Waals surface area contributed by atoms with Crippen molar-refractivity contribution >= 4 is 17.0 Å². The minimum atomic E-state index is 1.01. The van der Waals surface area contributed by atoms with Crippen molar-refractivity contribution < 1.29 is 0 Å². The van der Waals surface area contributed by atoms with Gasteiger partial charge in [-0.25, -0.2) is 4.98 Å². The highest BCUT2D eigenvalue weighted by molar-refractivity contribution is 7.15. The predicted molar refractivity (Wildman–Crippen MR) is 89.9 cm³/mol. The van der Waals surface area contributed by atoms with Gasteiger partial charge in [-0.2, -0.15) is 0 Å². The number of nitrogens with one attached hydrogen (secondary N) is 1. The molecule has 0 bridgehead atoms. The van der Waals surface area contributed by atoms with Gasteiger partial charge in [0.25, 0.3) is 0 Å². The van der Waals surface area contributed by atoms with Gasteiger partial charge in [0.05, 0.1) is 27.0 Å². The van der Waals surface area contributed by atoms with Crippen LogP contribution in [-0.2, 0) is 6.42 Å². The SMILES string of the molecule is CCc1ccccc1Nn1cccc1-c1sc(C)nc1C. The Kier molecular flexibility index (Phi) is 3.80. The minimum absolute atomic E-state index is 1.01. The highest BCUT2D eigenvalue weighted by atomic mass is 32.1. The Hall–Kier alpha value is -2.07. The van der Waals surface area contributed by atoms with Crippen molar-refractivity contribution in [3.63, 3.8) is 0 Å². The summed E-state index contributed by atoms with van der Waals surface area (Å²) in [6, 6.07) is 12.6. The fourth-order valence-corrected chi connectivity index (χ4v) is 3.44. The number of rotatable bonds is 4. The monoisotopic (exact) mass is 297 g/mol. The Labute approximate surface area is 129 Å². The van der Waals surface area contributed by atoms with E-state index in [0.717, 1.165) is 28.5 Å². The molecule has 3 rings (SSSR count). The summed E-state index contributed by atoms with van der Waals surface area (Å²) < 4.78 is 2.08. The molecule has 0 spiro atoms. The normalized spacial score (nSPS) is 10.8. The largest absolute Gasteiger partial charge is 0.294 e. The number of aromatic nitrogens is 2. The molecule has 1 aromatic carbocycles. The van der Waals surface area contributed by atoms with Crippen molar-refractivity contribution in [2.45, 2.75) is 27.2 Å². The van der Waals surface area contributed by atoms with Gasteiger partial charge in [-0.15, -0.1) is 11.3 Å². The highest BCUT2D eigenvalue weighted by Crippen LogP contribution is 2.30. The van der Waals surface area contributed by atoms with E-state index < -0.39 is 0 Å². The molecule has 4 heteroatoms. The number of aryl methyl sites for hydroxylation is 3. The molecule has 0 atom stereocenters. The summed E-state index contributed by atoms with van der Waals surface area (Å²) in [5.74, 6) is 0. The number of anilines is 1. The summed E-state index contributed by atoms with van der Waals surface area (Å²) in [7, 11) is 0. The maximum absolute atomic E-state index is 4.53. The van der Waals surface area contributed by atoms with Gasteiger partial charge in [-0.1, -0.05) is 25.1 Å². The Morgan fingerprint density at radius 2 is 1.95 bits per heavy atom. The van der Waals surface area contributed by atoms with Crippen LogP contribution >= 0.6 is 11.3 Å². The zero-order chi connectivity index (χ0) is 14.8. The summed E-state index contributed by atoms with van der Waals surface area (Å²) in [6.45, 7) is 6.29. The topological polar surface area (TPSA) is 29.9 Å². The molecule has 3 nitrogen and oxygen atoms in total. The molecule has 108 valence electrons. The second-order valence-corrected chi connectivity index (χ2v) is 6.24. The molecule has 0 unspecified atom stereocenters. The molecule has 0 radical (unpaired) electrons. The number of hydrogen-bond donors (Lipinski definition) is 1. The van der Waals surface area contributed by atoms with Gasteiger partial charge < -0.3 is 0 Å². The second kappa shape index (κ2) is 5.74. The van der Waals surface area contributed by atoms with Crippen LogP contribution in [0.5, 0.6) is 0 Å². The van der Waals surface area contributed by atoms with E-state index in [1.165, 1.54) is 10.4 Å². The van der Waals surface area contributed by atoms with Crippen molar-refractivity contribution in [1.29, 1.82) is 0 Å². The van der Waals surface area contributed by atoms with Crippen LogP contribution in [0.4, 0.5) is 5.69 Å². The lowest BCUT2D eigenvalue weighted by Crippen LogP contribution is -2.10. The van der Waals surface area contributed by atoms with Gasteiger partial charge in [0.15, 0.2) is 0 Å². The molecule has 2 aromatic heterocycles. The average Bonchev–Trinajstić information content (AvgIpc) is 3.05. The smallest absolute Gasteiger partial charge is 0.0904 e. The van der Waals surface area contributed by atoms with E-state index in [-0.39, 0.29) is 0 Å². The molecule has 0 saturated carbocycles. The van der Waals surface area contributed by atoms with Crippen LogP contribution in [0.3, 0.4) is 0 Å². The number of benzene rings is 1. The predicted octanol–water partition coefficient (Wildman–Crippen LogP) is 4.67. The van der Waals surface area contributed by atoms with Crippen LogP contribution in [0.15, 0.2) is 42.6 Å².